The Kier molecular flexibility index (Phi) is 6.81. The Hall–Kier alpha value is -2.95. The van der Waals surface area contributed by atoms with Gasteiger partial charge in [0.1, 0.15) is 16.6 Å². The number of carbonyl (C=O) groups excluding carboxylic acids is 1. The number of carbonyl (C=O) groups is 1. The standard InChI is InChI=1S/C22H18BrN3O2S/c1-14(2)28-22(27)16-5-9-19(10-6-16)25-12-17(11-24)21-26-20(13-29-21)15-3-7-18(23)8-4-15/h3-10,12-14,25H,1-2H3/b17-12+. The van der Waals surface area contributed by atoms with Gasteiger partial charge in [0, 0.05) is 27.3 Å². The van der Waals surface area contributed by atoms with Crippen LogP contribution in [0.1, 0.15) is 29.2 Å². The Morgan fingerprint density at radius 1 is 1.21 bits per heavy atom. The van der Waals surface area contributed by atoms with Crippen LogP contribution in [0.3, 0.4) is 0 Å². The lowest BCUT2D eigenvalue weighted by atomic mass is 10.2. The van der Waals surface area contributed by atoms with Gasteiger partial charge in [0.15, 0.2) is 0 Å². The molecule has 1 aromatic heterocycles. The van der Waals surface area contributed by atoms with Crippen LogP contribution in [0.5, 0.6) is 0 Å². The summed E-state index contributed by atoms with van der Waals surface area (Å²) in [4.78, 5) is 16.5. The predicted molar refractivity (Wildman–Crippen MR) is 119 cm³/mol. The maximum absolute atomic E-state index is 11.9. The summed E-state index contributed by atoms with van der Waals surface area (Å²) < 4.78 is 6.17. The zero-order valence-corrected chi connectivity index (χ0v) is 18.3. The van der Waals surface area contributed by atoms with Crippen molar-refractivity contribution in [2.75, 3.05) is 5.32 Å². The summed E-state index contributed by atoms with van der Waals surface area (Å²) in [5.41, 5.74) is 3.48. The van der Waals surface area contributed by atoms with Crippen molar-refractivity contribution in [3.63, 3.8) is 0 Å². The van der Waals surface area contributed by atoms with E-state index in [1.54, 1.807) is 30.5 Å². The largest absolute Gasteiger partial charge is 0.459 e. The maximum Gasteiger partial charge on any atom is 0.338 e. The smallest absolute Gasteiger partial charge is 0.338 e. The first-order chi connectivity index (χ1) is 14.0. The van der Waals surface area contributed by atoms with Crippen LogP contribution in [-0.2, 0) is 4.74 Å². The summed E-state index contributed by atoms with van der Waals surface area (Å²) in [6.07, 6.45) is 1.45. The van der Waals surface area contributed by atoms with Crippen molar-refractivity contribution in [3.05, 3.63) is 75.2 Å². The van der Waals surface area contributed by atoms with E-state index in [9.17, 15) is 10.1 Å². The number of anilines is 1. The molecule has 0 aliphatic rings. The SMILES string of the molecule is CC(C)OC(=O)c1ccc(N/C=C(\C#N)c2nc(-c3ccc(Br)cc3)cs2)cc1. The van der Waals surface area contributed by atoms with Gasteiger partial charge in [0.2, 0.25) is 0 Å². The zero-order chi connectivity index (χ0) is 20.8. The average molecular weight is 468 g/mol. The number of nitriles is 1. The molecule has 0 atom stereocenters. The maximum atomic E-state index is 11.9. The van der Waals surface area contributed by atoms with E-state index in [4.69, 9.17) is 4.74 Å². The van der Waals surface area contributed by atoms with E-state index >= 15 is 0 Å². The van der Waals surface area contributed by atoms with E-state index in [1.165, 1.54) is 11.3 Å². The summed E-state index contributed by atoms with van der Waals surface area (Å²) in [7, 11) is 0. The number of nitrogens with one attached hydrogen (secondary N) is 1. The number of ether oxygens (including phenoxy) is 1. The van der Waals surface area contributed by atoms with Gasteiger partial charge in [-0.15, -0.1) is 11.3 Å². The van der Waals surface area contributed by atoms with Gasteiger partial charge >= 0.3 is 5.97 Å². The van der Waals surface area contributed by atoms with E-state index in [0.717, 1.165) is 21.4 Å². The van der Waals surface area contributed by atoms with E-state index in [-0.39, 0.29) is 12.1 Å². The lowest BCUT2D eigenvalue weighted by Gasteiger charge is -2.08. The second-order valence-corrected chi connectivity index (χ2v) is 8.16. The molecule has 146 valence electrons. The van der Waals surface area contributed by atoms with Crippen LogP contribution in [-0.4, -0.2) is 17.1 Å². The summed E-state index contributed by atoms with van der Waals surface area (Å²) in [6.45, 7) is 3.62. The van der Waals surface area contributed by atoms with Gasteiger partial charge in [-0.25, -0.2) is 9.78 Å². The molecule has 0 saturated heterocycles. The van der Waals surface area contributed by atoms with Crippen LogP contribution in [0.15, 0.2) is 64.6 Å². The molecule has 0 aliphatic heterocycles. The lowest BCUT2D eigenvalue weighted by molar-refractivity contribution is 0.0378. The number of esters is 1. The monoisotopic (exact) mass is 467 g/mol. The van der Waals surface area contributed by atoms with E-state index < -0.39 is 0 Å². The summed E-state index contributed by atoms with van der Waals surface area (Å²) >= 11 is 4.83. The molecule has 0 bridgehead atoms. The number of benzene rings is 2. The molecular weight excluding hydrogens is 450 g/mol. The number of rotatable bonds is 6. The van der Waals surface area contributed by atoms with Crippen LogP contribution in [0.4, 0.5) is 5.69 Å². The molecule has 0 spiro atoms. The number of aromatic nitrogens is 1. The minimum atomic E-state index is -0.358. The first kappa shape index (κ1) is 20.8. The third-order valence-corrected chi connectivity index (χ3v) is 5.25. The summed E-state index contributed by atoms with van der Waals surface area (Å²) in [5.74, 6) is -0.358. The Morgan fingerprint density at radius 2 is 1.90 bits per heavy atom. The lowest BCUT2D eigenvalue weighted by Crippen LogP contribution is -2.11. The molecule has 0 aliphatic carbocycles. The Balaban J connectivity index is 1.72. The number of halogens is 1. The zero-order valence-electron chi connectivity index (χ0n) is 15.8. The van der Waals surface area contributed by atoms with E-state index in [1.807, 2.05) is 43.5 Å². The minimum Gasteiger partial charge on any atom is -0.459 e. The van der Waals surface area contributed by atoms with Crippen molar-refractivity contribution in [2.24, 2.45) is 0 Å². The molecule has 5 nitrogen and oxygen atoms in total. The number of hydrogen-bond donors (Lipinski definition) is 1. The second-order valence-electron chi connectivity index (χ2n) is 6.39. The van der Waals surface area contributed by atoms with Crippen molar-refractivity contribution < 1.29 is 9.53 Å². The Labute approximate surface area is 181 Å². The summed E-state index contributed by atoms with van der Waals surface area (Å²) in [5, 5.41) is 15.2. The third kappa shape index (κ3) is 5.53. The molecule has 1 heterocycles. The summed E-state index contributed by atoms with van der Waals surface area (Å²) in [6, 6.07) is 16.9. The fourth-order valence-electron chi connectivity index (χ4n) is 2.43. The molecule has 29 heavy (non-hydrogen) atoms. The quantitative estimate of drug-likeness (QED) is 0.349. The van der Waals surface area contributed by atoms with E-state index in [2.05, 4.69) is 32.3 Å². The van der Waals surface area contributed by atoms with Crippen LogP contribution < -0.4 is 5.32 Å². The van der Waals surface area contributed by atoms with Gasteiger partial charge in [0.05, 0.1) is 17.4 Å². The highest BCUT2D eigenvalue weighted by Crippen LogP contribution is 2.27. The normalized spacial score (nSPS) is 11.2. The van der Waals surface area contributed by atoms with Crippen LogP contribution >= 0.6 is 27.3 Å². The number of hydrogen-bond acceptors (Lipinski definition) is 6. The highest BCUT2D eigenvalue weighted by atomic mass is 79.9. The number of allylic oxidation sites excluding steroid dienone is 1. The van der Waals surface area contributed by atoms with Gasteiger partial charge in [0.25, 0.3) is 0 Å². The van der Waals surface area contributed by atoms with Crippen molar-refractivity contribution >= 4 is 44.5 Å². The first-order valence-electron chi connectivity index (χ1n) is 8.86. The molecule has 3 rings (SSSR count). The van der Waals surface area contributed by atoms with Gasteiger partial charge in [-0.2, -0.15) is 5.26 Å². The Morgan fingerprint density at radius 3 is 2.52 bits per heavy atom. The molecule has 0 amide bonds. The van der Waals surface area contributed by atoms with Crippen LogP contribution in [0, 0.1) is 11.3 Å². The molecule has 3 aromatic rings. The molecule has 0 unspecified atom stereocenters. The molecule has 7 heteroatoms. The number of thiazole rings is 1. The fourth-order valence-corrected chi connectivity index (χ4v) is 3.49. The van der Waals surface area contributed by atoms with Crippen LogP contribution in [0.2, 0.25) is 0 Å². The van der Waals surface area contributed by atoms with Crippen LogP contribution in [0.25, 0.3) is 16.8 Å². The number of nitrogens with zero attached hydrogens (tertiary/aromatic N) is 2. The highest BCUT2D eigenvalue weighted by molar-refractivity contribution is 9.10. The Bertz CT molecular complexity index is 1060. The van der Waals surface area contributed by atoms with Gasteiger partial charge in [-0.3, -0.25) is 0 Å². The van der Waals surface area contributed by atoms with Crippen molar-refractivity contribution in [2.45, 2.75) is 20.0 Å². The van der Waals surface area contributed by atoms with Gasteiger partial charge in [-0.05, 0) is 50.2 Å². The second kappa shape index (κ2) is 9.50. The highest BCUT2D eigenvalue weighted by Gasteiger charge is 2.10. The molecule has 0 radical (unpaired) electrons. The van der Waals surface area contributed by atoms with E-state index in [0.29, 0.717) is 16.1 Å². The van der Waals surface area contributed by atoms with Crippen molar-refractivity contribution in [3.8, 4) is 17.3 Å². The molecule has 0 saturated carbocycles. The molecule has 0 fully saturated rings. The molecule has 1 N–H and O–H groups in total. The van der Waals surface area contributed by atoms with Gasteiger partial charge < -0.3 is 10.1 Å². The first-order valence-corrected chi connectivity index (χ1v) is 10.5. The van der Waals surface area contributed by atoms with Crippen molar-refractivity contribution in [1.82, 2.24) is 4.98 Å². The van der Waals surface area contributed by atoms with Gasteiger partial charge in [-0.1, -0.05) is 28.1 Å². The minimum absolute atomic E-state index is 0.165. The average Bonchev–Trinajstić information content (AvgIpc) is 3.19. The molecular formula is C22H18BrN3O2S. The van der Waals surface area contributed by atoms with Crippen molar-refractivity contribution in [1.29, 1.82) is 5.26 Å². The fraction of sp³-hybridized carbons (Fsp3) is 0.136. The molecule has 2 aromatic carbocycles. The topological polar surface area (TPSA) is 75.0 Å². The predicted octanol–water partition coefficient (Wildman–Crippen LogP) is 6.11. The third-order valence-electron chi connectivity index (χ3n) is 3.84.